The number of fused-ring (bicyclic) bond motifs is 3. The minimum atomic E-state index is -4.47. The Labute approximate surface area is 811 Å². The molecule has 6 atom stereocenters. The molecule has 3 saturated heterocycles. The van der Waals surface area contributed by atoms with Gasteiger partial charge in [0.15, 0.2) is 34.5 Å². The molecule has 10 aromatic carbocycles. The van der Waals surface area contributed by atoms with Crippen LogP contribution in [-0.2, 0) is 26.1 Å². The topological polar surface area (TPSA) is 342 Å². The van der Waals surface area contributed by atoms with E-state index < -0.39 is 62.1 Å². The van der Waals surface area contributed by atoms with Crippen LogP contribution in [0.25, 0.3) is 0 Å². The van der Waals surface area contributed by atoms with Crippen molar-refractivity contribution in [2.24, 2.45) is 0 Å². The number of nitrogens with zero attached hydrogens (tertiary/aromatic N) is 10. The molecule has 726 valence electrons. The fourth-order valence-corrected chi connectivity index (χ4v) is 20.9. The average Bonchev–Trinajstić information content (AvgIpc) is 1.60. The van der Waals surface area contributed by atoms with Crippen molar-refractivity contribution in [1.82, 2.24) is 49.1 Å². The van der Waals surface area contributed by atoms with Crippen LogP contribution < -0.4 is 57.9 Å². The van der Waals surface area contributed by atoms with Gasteiger partial charge in [0, 0.05) is 134 Å². The Kier molecular flexibility index (Phi) is 32.3. The number of piperazine rings is 3. The first kappa shape index (κ1) is 99.6. The minimum absolute atomic E-state index is 0.00992. The number of nitrogens with one attached hydrogen (secondary N) is 3. The van der Waals surface area contributed by atoms with Crippen molar-refractivity contribution >= 4 is 78.7 Å². The van der Waals surface area contributed by atoms with Gasteiger partial charge in [0.2, 0.25) is 10.0 Å². The van der Waals surface area contributed by atoms with Crippen LogP contribution in [0.15, 0.2) is 255 Å². The highest BCUT2D eigenvalue weighted by atomic mass is 32.2. The van der Waals surface area contributed by atoms with E-state index in [1.54, 1.807) is 136 Å². The van der Waals surface area contributed by atoms with Gasteiger partial charge in [0.1, 0.15) is 0 Å². The third-order valence-electron chi connectivity index (χ3n) is 26.8. The van der Waals surface area contributed by atoms with Crippen molar-refractivity contribution in [3.8, 4) is 34.5 Å². The quantitative estimate of drug-likeness (QED) is 0.0212. The number of rotatable bonds is 35. The molecule has 11 aromatic rings. The van der Waals surface area contributed by atoms with Crippen LogP contribution in [0.3, 0.4) is 0 Å². The van der Waals surface area contributed by atoms with Crippen LogP contribution in [0.5, 0.6) is 34.5 Å². The second kappa shape index (κ2) is 45.1. The van der Waals surface area contributed by atoms with E-state index >= 15 is 0 Å². The number of aromatic nitrogens is 1. The zero-order valence-electron chi connectivity index (χ0n) is 79.3. The van der Waals surface area contributed by atoms with E-state index in [1.165, 1.54) is 59.8 Å². The highest BCUT2D eigenvalue weighted by molar-refractivity contribution is 7.88. The molecule has 31 nitrogen and oxygen atoms in total. The molecule has 0 radical (unpaired) electrons. The van der Waals surface area contributed by atoms with Gasteiger partial charge in [0.25, 0.3) is 41.4 Å². The summed E-state index contributed by atoms with van der Waals surface area (Å²) in [7, 11) is 0.963. The van der Waals surface area contributed by atoms with E-state index in [0.717, 1.165) is 63.7 Å². The van der Waals surface area contributed by atoms with Crippen molar-refractivity contribution in [3.05, 3.63) is 333 Å². The zero-order valence-corrected chi connectivity index (χ0v) is 81.0. The monoisotopic (exact) mass is 1920 g/mol. The maximum atomic E-state index is 14.4. The lowest BCUT2D eigenvalue weighted by molar-refractivity contribution is 0.0558. The number of sulfonamides is 1. The van der Waals surface area contributed by atoms with Crippen LogP contribution in [-0.4, -0.2) is 238 Å². The van der Waals surface area contributed by atoms with Crippen molar-refractivity contribution in [2.75, 3.05) is 156 Å². The molecule has 139 heavy (non-hydrogen) atoms. The molecule has 1 aromatic heterocycles. The maximum Gasteiger partial charge on any atom is 0.333 e. The van der Waals surface area contributed by atoms with E-state index in [9.17, 15) is 55.0 Å². The third kappa shape index (κ3) is 22.6. The van der Waals surface area contributed by atoms with Crippen LogP contribution in [0.1, 0.15) is 188 Å². The van der Waals surface area contributed by atoms with Crippen LogP contribution in [0.2, 0.25) is 0 Å². The molecule has 17 rings (SSSR count). The van der Waals surface area contributed by atoms with Crippen molar-refractivity contribution < 1.29 is 83.4 Å². The molecule has 6 aliphatic heterocycles. The molecule has 0 aliphatic carbocycles. The van der Waals surface area contributed by atoms with Gasteiger partial charge in [-0.1, -0.05) is 158 Å². The number of pyridine rings is 1. The zero-order chi connectivity index (χ0) is 98.2. The van der Waals surface area contributed by atoms with Crippen molar-refractivity contribution in [2.45, 2.75) is 82.0 Å². The Morgan fingerprint density at radius 2 is 0.647 bits per heavy atom. The van der Waals surface area contributed by atoms with Crippen LogP contribution in [0.4, 0.5) is 17.1 Å². The lowest BCUT2D eigenvalue weighted by Crippen LogP contribution is -2.47. The molecule has 33 heteroatoms. The lowest BCUT2D eigenvalue weighted by Gasteiger charge is -2.39. The van der Waals surface area contributed by atoms with Crippen molar-refractivity contribution in [1.29, 1.82) is 0 Å². The predicted molar refractivity (Wildman–Crippen MR) is 531 cm³/mol. The van der Waals surface area contributed by atoms with E-state index in [4.69, 9.17) is 28.4 Å². The molecule has 7 amide bonds. The summed E-state index contributed by atoms with van der Waals surface area (Å²) in [5.74, 6) is -0.0643. The molecule has 6 aliphatic rings. The number of carbonyl (C=O) groups is 7. The molecule has 7 heterocycles. The van der Waals surface area contributed by atoms with Crippen LogP contribution >= 0.6 is 0 Å². The molecule has 4 N–H and O–H groups in total. The molecule has 0 spiro atoms. The molecule has 3 fully saturated rings. The van der Waals surface area contributed by atoms with Gasteiger partial charge in [-0.05, 0) is 164 Å². The maximum absolute atomic E-state index is 14.4. The lowest BCUT2D eigenvalue weighted by atomic mass is 10.0. The summed E-state index contributed by atoms with van der Waals surface area (Å²) in [6, 6.07) is 73.8. The molecule has 0 unspecified atom stereocenters. The first-order valence-corrected chi connectivity index (χ1v) is 49.6. The highest BCUT2D eigenvalue weighted by Crippen LogP contribution is 2.46. The van der Waals surface area contributed by atoms with Gasteiger partial charge in [-0.15, -0.1) is 0 Å². The molecule has 0 bridgehead atoms. The Balaban J connectivity index is 0.000000158. The van der Waals surface area contributed by atoms with E-state index in [0.29, 0.717) is 134 Å². The summed E-state index contributed by atoms with van der Waals surface area (Å²) in [5.41, 5.74) is 11.2. The summed E-state index contributed by atoms with van der Waals surface area (Å²) in [6.07, 6.45) is 3.58. The van der Waals surface area contributed by atoms with E-state index in [2.05, 4.69) is 126 Å². The summed E-state index contributed by atoms with van der Waals surface area (Å²) >= 11 is 0. The normalized spacial score (nSPS) is 16.5. The molecular weight excluding hydrogens is 1810 g/mol. The highest BCUT2D eigenvalue weighted by Gasteiger charge is 2.48. The number of amides is 7. The van der Waals surface area contributed by atoms with Gasteiger partial charge >= 0.3 is 10.3 Å². The predicted octanol–water partition coefficient (Wildman–Crippen LogP) is 14.3. The number of methoxy groups -OCH3 is 6. The number of carbonyl (C=O) groups excluding carboxylic acids is 7. The van der Waals surface area contributed by atoms with Crippen LogP contribution in [0, 0.1) is 0 Å². The first-order chi connectivity index (χ1) is 67.2. The summed E-state index contributed by atoms with van der Waals surface area (Å²) < 4.78 is 95.4. The van der Waals surface area contributed by atoms with Gasteiger partial charge in [-0.3, -0.25) is 72.5 Å². The number of anilines is 3. The SMILES string of the molecule is COc1ccc([C@@H](CCNC(=O)c2ccncc2)N2C(=O)c3cccc(N4CCN([C@H](C)c5ccccc5)CC4)c3C2=O)cc1OC.COc1ccc([C@@H](CCNS(=O)(=O)Cc2ccccc2)N2C(=O)c3cccc(N4CCN([C@H](C)c5ccccc5)CC4)c3C2=O)cc1OC.COc1ccc([C@@H](CCNS(=O)(=O)O)N2C(=O)c3cccc(N4CCN([C@H](C)c5ccccc5)CC4)c3C2=O)cc1OC. The average molecular weight is 1930 g/mol. The molecule has 0 saturated carbocycles. The number of ether oxygens (including phenoxy) is 6. The van der Waals surface area contributed by atoms with Gasteiger partial charge in [-0.25, -0.2) is 13.1 Å². The fraction of sp³-hybridized carbons (Fsp3) is 0.321. The smallest absolute Gasteiger partial charge is 0.333 e. The second-order valence-corrected chi connectivity index (χ2v) is 37.7. The summed E-state index contributed by atoms with van der Waals surface area (Å²) in [4.78, 5) is 119. The Hall–Kier alpha value is -13.9. The third-order valence-corrected chi connectivity index (χ3v) is 28.8. The first-order valence-electron chi connectivity index (χ1n) is 46.5. The standard InChI is InChI=1S/C38H42N4O6S.C37H39N5O5.C31H36N4O7S/c1-27(29-13-8-5-9-14-29)40-21-23-41(24-22-40)33-16-10-15-31-36(33)38(44)42(37(31)43)32(30-17-18-34(47-2)35(25-30)48-3)19-20-39-49(45,46)26-28-11-6-4-7-12-28;1-25(26-8-5-4-6-9-26)40-20-22-41(23-21-40)31-11-7-10-29-34(31)37(45)42(36(29)44)30(28-12-13-32(46-2)33(24-28)47-3)16-19-39-35(43)27-14-17-38-18-15-27;1-21(22-8-5-4-6-9-22)33-16-18-34(19-17-33)26-11-7-10-24-29(26)31(37)35(30(24)36)25(14-15-32-43(38,39)40)23-12-13-27(41-2)28(20-23)42-3/h4-18,25,27,32,39H,19-24,26H2,1-3H3;4-15,17-18,24-25,30H,16,19-23H2,1-3H3,(H,39,43);4-13,20-21,25,32H,14-19H2,1-3H3,(H,38,39,40)/t27-,32-;25-,30-;21-,25-/m111/s1. The largest absolute Gasteiger partial charge is 0.493 e. The fourth-order valence-electron chi connectivity index (χ4n) is 19.3. The van der Waals surface area contributed by atoms with Gasteiger partial charge in [-0.2, -0.15) is 13.1 Å². The Morgan fingerprint density at radius 1 is 0.345 bits per heavy atom. The van der Waals surface area contributed by atoms with Crippen molar-refractivity contribution in [3.63, 3.8) is 0 Å². The second-order valence-electron chi connectivity index (χ2n) is 34.6. The van der Waals surface area contributed by atoms with Gasteiger partial charge in [0.05, 0.1) is 117 Å². The number of imide groups is 3. The number of hydrogen-bond acceptors (Lipinski definition) is 24. The summed E-state index contributed by atoms with van der Waals surface area (Å²) in [6.45, 7) is 15.8. The summed E-state index contributed by atoms with van der Waals surface area (Å²) in [5, 5.41) is 2.93. The molecular formula is C106H117N13O18S2. The minimum Gasteiger partial charge on any atom is -0.493 e. The van der Waals surface area contributed by atoms with E-state index in [1.807, 2.05) is 77.5 Å². The van der Waals surface area contributed by atoms with Gasteiger partial charge < -0.3 is 48.4 Å². The van der Waals surface area contributed by atoms with E-state index in [-0.39, 0.29) is 74.1 Å². The Bertz CT molecular complexity index is 6460. The Morgan fingerprint density at radius 3 is 0.957 bits per heavy atom. The number of hydrogen-bond donors (Lipinski definition) is 4. The number of benzene rings is 10.